The van der Waals surface area contributed by atoms with Gasteiger partial charge in [0, 0.05) is 10.6 Å². The van der Waals surface area contributed by atoms with Gasteiger partial charge >= 0.3 is 40.4 Å². The zero-order chi connectivity index (χ0) is 23.9. The molecule has 6 rings (SSSR count). The molecule has 4 aromatic rings. The monoisotopic (exact) mass is 496 g/mol. The minimum absolute atomic E-state index is 0.771. The molecule has 2 N–H and O–H groups in total. The fourth-order valence-corrected chi connectivity index (χ4v) is 5.08. The van der Waals surface area contributed by atoms with Crippen molar-refractivity contribution >= 4 is 11.6 Å². The van der Waals surface area contributed by atoms with Crippen molar-refractivity contribution < 1.29 is 33.3 Å². The SMILES string of the molecule is Clc1ccc(-c2c3c([o+]c4c2CCc2ccccc2-4)-c2ccccc2CC3)cc1.[O-][Cl+]([O-])(O)O. The molecule has 174 valence electrons. The molecule has 34 heavy (non-hydrogen) atoms. The van der Waals surface area contributed by atoms with E-state index in [1.165, 1.54) is 44.5 Å². The van der Waals surface area contributed by atoms with Crippen LogP contribution >= 0.6 is 11.6 Å². The quantitative estimate of drug-likeness (QED) is 0.389. The molecule has 0 bridgehead atoms. The van der Waals surface area contributed by atoms with E-state index in [0.717, 1.165) is 42.2 Å². The Labute approximate surface area is 204 Å². The maximum atomic E-state index is 8.72. The molecule has 0 unspecified atom stereocenters. The number of fused-ring (bicyclic) bond motifs is 6. The molecular weight excluding hydrogens is 475 g/mol. The van der Waals surface area contributed by atoms with Crippen LogP contribution in [0.15, 0.2) is 77.2 Å². The summed E-state index contributed by atoms with van der Waals surface area (Å²) in [5.74, 6) is 2.07. The van der Waals surface area contributed by atoms with Crippen LogP contribution in [0.25, 0.3) is 33.8 Å². The van der Waals surface area contributed by atoms with Gasteiger partial charge in [-0.2, -0.15) is 0 Å². The molecular formula is C27H22Cl2O5. The van der Waals surface area contributed by atoms with Gasteiger partial charge in [-0.3, -0.25) is 0 Å². The van der Waals surface area contributed by atoms with Gasteiger partial charge in [0.1, 0.15) is 0 Å². The Balaban J connectivity index is 0.000000439. The molecule has 7 heteroatoms. The summed E-state index contributed by atoms with van der Waals surface area (Å²) in [6, 6.07) is 25.6. The van der Waals surface area contributed by atoms with Gasteiger partial charge in [0.15, 0.2) is 0 Å². The molecule has 3 aromatic carbocycles. The number of benzene rings is 3. The summed E-state index contributed by atoms with van der Waals surface area (Å²) < 4.78 is 38.2. The third-order valence-electron chi connectivity index (χ3n) is 6.30. The second-order valence-corrected chi connectivity index (χ2v) is 9.59. The van der Waals surface area contributed by atoms with E-state index in [1.807, 2.05) is 12.1 Å². The molecule has 0 radical (unpaired) electrons. The van der Waals surface area contributed by atoms with Crippen LogP contribution in [0, 0.1) is 10.2 Å². The second-order valence-electron chi connectivity index (χ2n) is 8.33. The molecule has 0 fully saturated rings. The predicted molar refractivity (Wildman–Crippen MR) is 124 cm³/mol. The van der Waals surface area contributed by atoms with Crippen molar-refractivity contribution in [2.24, 2.45) is 0 Å². The van der Waals surface area contributed by atoms with Crippen molar-refractivity contribution in [3.05, 3.63) is 100 Å². The standard InChI is InChI=1S/C27H20ClO.ClH2O4/c28-20-13-9-19(10-14-20)25-23-15-11-17-5-1-3-7-21(17)26(23)29-27-22-8-4-2-6-18(22)12-16-24(25)27;2-1(3,4)5/h1-10,13-14H,11-12,15-16H2;2-3H/q+1;-1. The van der Waals surface area contributed by atoms with E-state index in [2.05, 4.69) is 60.7 Å². The van der Waals surface area contributed by atoms with Gasteiger partial charge in [0.05, 0.1) is 22.3 Å². The van der Waals surface area contributed by atoms with E-state index in [1.54, 1.807) is 0 Å². The van der Waals surface area contributed by atoms with Crippen LogP contribution in [0.2, 0.25) is 5.02 Å². The zero-order valence-electron chi connectivity index (χ0n) is 18.1. The van der Waals surface area contributed by atoms with Crippen molar-refractivity contribution in [2.45, 2.75) is 25.7 Å². The van der Waals surface area contributed by atoms with E-state index in [4.69, 9.17) is 34.7 Å². The number of rotatable bonds is 1. The Bertz CT molecular complexity index is 1280. The first kappa shape index (κ1) is 23.0. The average molecular weight is 497 g/mol. The first-order valence-corrected chi connectivity index (χ1v) is 12.6. The van der Waals surface area contributed by atoms with Crippen LogP contribution in [-0.2, 0) is 25.7 Å². The van der Waals surface area contributed by atoms with Crippen LogP contribution in [0.5, 0.6) is 0 Å². The number of aryl methyl sites for hydroxylation is 2. The summed E-state index contributed by atoms with van der Waals surface area (Å²) in [5, 5.41) is 0.771. The summed E-state index contributed by atoms with van der Waals surface area (Å²) >= 11 is 6.20. The van der Waals surface area contributed by atoms with Crippen LogP contribution in [0.4, 0.5) is 0 Å². The van der Waals surface area contributed by atoms with Crippen LogP contribution in [-0.4, -0.2) is 9.32 Å². The van der Waals surface area contributed by atoms with Gasteiger partial charge in [0.2, 0.25) is 0 Å². The number of halogens is 2. The molecule has 2 aliphatic carbocycles. The summed E-state index contributed by atoms with van der Waals surface area (Å²) in [6.45, 7) is 0. The topological polar surface area (TPSA) is 97.9 Å². The van der Waals surface area contributed by atoms with E-state index in [9.17, 15) is 0 Å². The minimum atomic E-state index is -4.44. The number of hydrogen-bond donors (Lipinski definition) is 2. The molecule has 1 heterocycles. The van der Waals surface area contributed by atoms with Crippen molar-refractivity contribution in [3.63, 3.8) is 0 Å². The first-order chi connectivity index (χ1) is 16.3. The molecule has 2 aliphatic rings. The van der Waals surface area contributed by atoms with Crippen molar-refractivity contribution in [3.8, 4) is 33.8 Å². The Morgan fingerprint density at radius 2 is 1.12 bits per heavy atom. The fourth-order valence-electron chi connectivity index (χ4n) is 4.95. The van der Waals surface area contributed by atoms with Crippen molar-refractivity contribution in [1.82, 2.24) is 0 Å². The van der Waals surface area contributed by atoms with Gasteiger partial charge in [-0.1, -0.05) is 60.1 Å². The van der Waals surface area contributed by atoms with Crippen LogP contribution in [0.1, 0.15) is 22.3 Å². The van der Waals surface area contributed by atoms with E-state index in [-0.39, 0.29) is 0 Å². The van der Waals surface area contributed by atoms with Gasteiger partial charge < -0.3 is 0 Å². The Morgan fingerprint density at radius 3 is 1.59 bits per heavy atom. The molecule has 5 nitrogen and oxygen atoms in total. The van der Waals surface area contributed by atoms with Crippen LogP contribution in [0.3, 0.4) is 0 Å². The van der Waals surface area contributed by atoms with Gasteiger partial charge in [-0.15, -0.1) is 0 Å². The van der Waals surface area contributed by atoms with E-state index >= 15 is 0 Å². The Hall–Kier alpha value is -2.77. The average Bonchev–Trinajstić information content (AvgIpc) is 2.82. The molecule has 1 aromatic heterocycles. The van der Waals surface area contributed by atoms with E-state index in [0.29, 0.717) is 0 Å². The van der Waals surface area contributed by atoms with Crippen LogP contribution < -0.4 is 9.32 Å². The van der Waals surface area contributed by atoms with Gasteiger partial charge in [-0.05, 0) is 66.6 Å². The summed E-state index contributed by atoms with van der Waals surface area (Å²) in [6.07, 6.45) is 4.11. The third kappa shape index (κ3) is 4.59. The second kappa shape index (κ2) is 9.12. The Morgan fingerprint density at radius 1 is 0.676 bits per heavy atom. The van der Waals surface area contributed by atoms with Crippen molar-refractivity contribution in [2.75, 3.05) is 0 Å². The summed E-state index contributed by atoms with van der Waals surface area (Å²) in [7, 11) is -4.44. The summed E-state index contributed by atoms with van der Waals surface area (Å²) in [4.78, 5) is 0. The van der Waals surface area contributed by atoms with Gasteiger partial charge in [0.25, 0.3) is 0 Å². The Kier molecular flexibility index (Phi) is 6.16. The van der Waals surface area contributed by atoms with E-state index < -0.39 is 10.2 Å². The van der Waals surface area contributed by atoms with Gasteiger partial charge in [-0.25, -0.2) is 4.42 Å². The zero-order valence-corrected chi connectivity index (χ0v) is 19.6. The molecule has 0 aliphatic heterocycles. The number of hydrogen-bond acceptors (Lipinski definition) is 4. The normalized spacial score (nSPS) is 14.0. The molecule has 0 spiro atoms. The van der Waals surface area contributed by atoms with Crippen molar-refractivity contribution in [1.29, 1.82) is 0 Å². The maximum absolute atomic E-state index is 8.72. The third-order valence-corrected chi connectivity index (χ3v) is 6.55. The predicted octanol–water partition coefficient (Wildman–Crippen LogP) is 3.92. The molecule has 0 saturated carbocycles. The summed E-state index contributed by atoms with van der Waals surface area (Å²) in [5.41, 5.74) is 10.5. The molecule has 0 amide bonds. The molecule has 0 saturated heterocycles. The molecule has 0 atom stereocenters. The first-order valence-electron chi connectivity index (χ1n) is 10.9. The fraction of sp³-hybridized carbons (Fsp3) is 0.148.